The van der Waals surface area contributed by atoms with Crippen LogP contribution in [0.3, 0.4) is 0 Å². The summed E-state index contributed by atoms with van der Waals surface area (Å²) >= 11 is 0. The Labute approximate surface area is 123 Å². The number of nitrogens with zero attached hydrogens (tertiary/aromatic N) is 1. The Morgan fingerprint density at radius 1 is 1.20 bits per heavy atom. The first-order valence-electron chi connectivity index (χ1n) is 7.97. The number of nitrogens with two attached hydrogens (primary N) is 1. The molecule has 1 aliphatic heterocycles. The van der Waals surface area contributed by atoms with Crippen LogP contribution in [0.15, 0.2) is 0 Å². The van der Waals surface area contributed by atoms with Gasteiger partial charge in [-0.2, -0.15) is 0 Å². The Balaban J connectivity index is 1.95. The van der Waals surface area contributed by atoms with Gasteiger partial charge in [0.1, 0.15) is 6.10 Å². The predicted molar refractivity (Wildman–Crippen MR) is 80.3 cm³/mol. The topological polar surface area (TPSA) is 55.6 Å². The molecule has 2 N–H and O–H groups in total. The molecule has 4 nitrogen and oxygen atoms in total. The third-order valence-electron chi connectivity index (χ3n) is 5.74. The molecular formula is C16H30N2O2. The maximum atomic E-state index is 12.5. The van der Waals surface area contributed by atoms with Crippen LogP contribution in [0, 0.1) is 17.3 Å². The van der Waals surface area contributed by atoms with Crippen LogP contribution in [-0.2, 0) is 9.53 Å². The summed E-state index contributed by atoms with van der Waals surface area (Å²) in [5, 5.41) is 0. The zero-order chi connectivity index (χ0) is 14.9. The van der Waals surface area contributed by atoms with Crippen LogP contribution in [0.2, 0.25) is 0 Å². The molecule has 20 heavy (non-hydrogen) atoms. The Morgan fingerprint density at radius 2 is 1.80 bits per heavy atom. The molecule has 0 bridgehead atoms. The van der Waals surface area contributed by atoms with Crippen LogP contribution in [0.1, 0.15) is 46.5 Å². The minimum atomic E-state index is -0.0692. The van der Waals surface area contributed by atoms with Gasteiger partial charge in [0.2, 0.25) is 0 Å². The normalized spacial score (nSPS) is 35.8. The van der Waals surface area contributed by atoms with E-state index in [1.165, 1.54) is 0 Å². The second-order valence-electron chi connectivity index (χ2n) is 7.34. The van der Waals surface area contributed by atoms with E-state index in [1.807, 2.05) is 0 Å². The molecule has 0 radical (unpaired) electrons. The third kappa shape index (κ3) is 3.17. The molecule has 3 unspecified atom stereocenters. The van der Waals surface area contributed by atoms with Crippen molar-refractivity contribution in [1.82, 2.24) is 4.90 Å². The molecule has 1 aliphatic carbocycles. The lowest BCUT2D eigenvalue weighted by molar-refractivity contribution is -0.164. The first-order chi connectivity index (χ1) is 9.32. The van der Waals surface area contributed by atoms with Gasteiger partial charge in [0, 0.05) is 19.1 Å². The number of hydrogen-bond donors (Lipinski definition) is 1. The molecule has 116 valence electrons. The first kappa shape index (κ1) is 15.8. The average Bonchev–Trinajstić information content (AvgIpc) is 2.38. The number of ether oxygens (including phenoxy) is 1. The SMILES string of the molecule is CC1C(N)CCC(C(=O)OC2CCN(C)CC2)C1(C)C. The molecule has 2 rings (SSSR count). The summed E-state index contributed by atoms with van der Waals surface area (Å²) in [6.07, 6.45) is 3.83. The smallest absolute Gasteiger partial charge is 0.309 e. The van der Waals surface area contributed by atoms with Gasteiger partial charge in [-0.1, -0.05) is 20.8 Å². The van der Waals surface area contributed by atoms with Crippen molar-refractivity contribution < 1.29 is 9.53 Å². The van der Waals surface area contributed by atoms with E-state index in [2.05, 4.69) is 32.7 Å². The summed E-state index contributed by atoms with van der Waals surface area (Å²) in [7, 11) is 2.12. The van der Waals surface area contributed by atoms with Crippen molar-refractivity contribution >= 4 is 5.97 Å². The Hall–Kier alpha value is -0.610. The van der Waals surface area contributed by atoms with Crippen molar-refractivity contribution in [3.8, 4) is 0 Å². The molecule has 1 heterocycles. The molecule has 1 saturated carbocycles. The summed E-state index contributed by atoms with van der Waals surface area (Å²) in [4.78, 5) is 14.8. The standard InChI is InChI=1S/C16H30N2O2/c1-11-14(17)6-5-13(16(11,2)3)15(19)20-12-7-9-18(4)10-8-12/h11-14H,5-10,17H2,1-4H3. The second kappa shape index (κ2) is 6.02. The van der Waals surface area contributed by atoms with Crippen LogP contribution < -0.4 is 5.73 Å². The fourth-order valence-corrected chi connectivity index (χ4v) is 3.62. The number of carbonyl (C=O) groups excluding carboxylic acids is 1. The van der Waals surface area contributed by atoms with Gasteiger partial charge >= 0.3 is 5.97 Å². The number of rotatable bonds is 2. The summed E-state index contributed by atoms with van der Waals surface area (Å²) in [6, 6.07) is 0.206. The largest absolute Gasteiger partial charge is 0.462 e. The molecular weight excluding hydrogens is 252 g/mol. The fourth-order valence-electron chi connectivity index (χ4n) is 3.62. The highest BCUT2D eigenvalue weighted by Crippen LogP contribution is 2.45. The molecule has 3 atom stereocenters. The number of carbonyl (C=O) groups is 1. The van der Waals surface area contributed by atoms with Crippen molar-refractivity contribution in [1.29, 1.82) is 0 Å². The van der Waals surface area contributed by atoms with Gasteiger partial charge in [0.05, 0.1) is 5.92 Å². The van der Waals surface area contributed by atoms with Crippen molar-refractivity contribution in [3.63, 3.8) is 0 Å². The van der Waals surface area contributed by atoms with Gasteiger partial charge in [-0.25, -0.2) is 0 Å². The number of likely N-dealkylation sites (tertiary alicyclic amines) is 1. The second-order valence-corrected chi connectivity index (χ2v) is 7.34. The molecule has 0 spiro atoms. The van der Waals surface area contributed by atoms with Crippen LogP contribution >= 0.6 is 0 Å². The van der Waals surface area contributed by atoms with Gasteiger partial charge in [-0.15, -0.1) is 0 Å². The number of piperidine rings is 1. The summed E-state index contributed by atoms with van der Waals surface area (Å²) in [6.45, 7) is 8.54. The minimum Gasteiger partial charge on any atom is -0.462 e. The van der Waals surface area contributed by atoms with Crippen molar-refractivity contribution in [2.45, 2.75) is 58.6 Å². The first-order valence-corrected chi connectivity index (χ1v) is 7.97. The van der Waals surface area contributed by atoms with E-state index in [0.29, 0.717) is 5.92 Å². The molecule has 2 fully saturated rings. The maximum Gasteiger partial charge on any atom is 0.309 e. The minimum absolute atomic E-state index is 0.00282. The van der Waals surface area contributed by atoms with Crippen LogP contribution in [0.5, 0.6) is 0 Å². The average molecular weight is 282 g/mol. The molecule has 0 amide bonds. The Morgan fingerprint density at radius 3 is 2.40 bits per heavy atom. The monoisotopic (exact) mass is 282 g/mol. The highest BCUT2D eigenvalue weighted by Gasteiger charge is 2.46. The summed E-state index contributed by atoms with van der Waals surface area (Å²) in [5.74, 6) is 0.353. The Kier molecular flexibility index (Phi) is 4.75. The highest BCUT2D eigenvalue weighted by molar-refractivity contribution is 5.73. The van der Waals surface area contributed by atoms with Gasteiger partial charge in [-0.3, -0.25) is 4.79 Å². The maximum absolute atomic E-state index is 12.5. The zero-order valence-corrected chi connectivity index (χ0v) is 13.4. The van der Waals surface area contributed by atoms with Crippen LogP contribution in [0.4, 0.5) is 0 Å². The molecule has 0 aromatic heterocycles. The van der Waals surface area contributed by atoms with Crippen molar-refractivity contribution in [3.05, 3.63) is 0 Å². The van der Waals surface area contributed by atoms with E-state index in [0.717, 1.165) is 38.8 Å². The van der Waals surface area contributed by atoms with E-state index >= 15 is 0 Å². The number of hydrogen-bond acceptors (Lipinski definition) is 4. The lowest BCUT2D eigenvalue weighted by Gasteiger charge is -2.46. The highest BCUT2D eigenvalue weighted by atomic mass is 16.5. The molecule has 0 aromatic carbocycles. The van der Waals surface area contributed by atoms with Gasteiger partial charge in [0.25, 0.3) is 0 Å². The molecule has 2 aliphatic rings. The quantitative estimate of drug-likeness (QED) is 0.787. The van der Waals surface area contributed by atoms with E-state index in [9.17, 15) is 4.79 Å². The van der Waals surface area contributed by atoms with Crippen molar-refractivity contribution in [2.24, 2.45) is 23.0 Å². The number of esters is 1. The predicted octanol–water partition coefficient (Wildman–Crippen LogP) is 2.02. The summed E-state index contributed by atoms with van der Waals surface area (Å²) < 4.78 is 5.79. The van der Waals surface area contributed by atoms with Crippen molar-refractivity contribution in [2.75, 3.05) is 20.1 Å². The zero-order valence-electron chi connectivity index (χ0n) is 13.4. The lowest BCUT2D eigenvalue weighted by atomic mass is 9.61. The molecule has 1 saturated heterocycles. The molecule has 4 heteroatoms. The fraction of sp³-hybridized carbons (Fsp3) is 0.938. The van der Waals surface area contributed by atoms with E-state index < -0.39 is 0 Å². The third-order valence-corrected chi connectivity index (χ3v) is 5.74. The van der Waals surface area contributed by atoms with E-state index in [1.54, 1.807) is 0 Å². The summed E-state index contributed by atoms with van der Waals surface area (Å²) in [5.41, 5.74) is 6.09. The van der Waals surface area contributed by atoms with Gasteiger partial charge < -0.3 is 15.4 Å². The Bertz CT molecular complexity index is 348. The lowest BCUT2D eigenvalue weighted by Crippen LogP contribution is -2.50. The van der Waals surface area contributed by atoms with E-state index in [-0.39, 0.29) is 29.4 Å². The van der Waals surface area contributed by atoms with Gasteiger partial charge in [0.15, 0.2) is 0 Å². The van der Waals surface area contributed by atoms with Gasteiger partial charge in [-0.05, 0) is 44.1 Å². The van der Waals surface area contributed by atoms with Crippen LogP contribution in [0.25, 0.3) is 0 Å². The van der Waals surface area contributed by atoms with Crippen LogP contribution in [-0.4, -0.2) is 43.2 Å². The van der Waals surface area contributed by atoms with E-state index in [4.69, 9.17) is 10.5 Å². The molecule has 0 aromatic rings.